The Kier molecular flexibility index (Phi) is 5.51. The minimum Gasteiger partial charge on any atom is -1.00 e. The number of hydrogen-bond acceptors (Lipinski definition) is 2. The Morgan fingerprint density at radius 1 is 1.42 bits per heavy atom. The van der Waals surface area contributed by atoms with E-state index in [9.17, 15) is 4.79 Å². The van der Waals surface area contributed by atoms with Crippen LogP contribution in [0, 0.1) is 5.92 Å². The van der Waals surface area contributed by atoms with E-state index in [0.717, 1.165) is 25.8 Å². The fourth-order valence-electron chi connectivity index (χ4n) is 1.69. The molecule has 0 bridgehead atoms. The van der Waals surface area contributed by atoms with Crippen molar-refractivity contribution < 1.29 is 17.2 Å². The van der Waals surface area contributed by atoms with Crippen LogP contribution in [0.1, 0.15) is 25.7 Å². The number of hydrogen-bond donors (Lipinski definition) is 0. The normalized spacial score (nSPS) is 23.9. The van der Waals surface area contributed by atoms with Gasteiger partial charge in [0.2, 0.25) is 0 Å². The first-order chi connectivity index (χ1) is 5.20. The summed E-state index contributed by atoms with van der Waals surface area (Å²) in [5, 5.41) is 0. The highest BCUT2D eigenvalue weighted by atomic mass is 35.5. The largest absolute Gasteiger partial charge is 1.00 e. The zero-order valence-electron chi connectivity index (χ0n) is 7.85. The van der Waals surface area contributed by atoms with Crippen molar-refractivity contribution in [3.05, 3.63) is 0 Å². The molecule has 2 nitrogen and oxygen atoms in total. The zero-order chi connectivity index (χ0) is 8.27. The first-order valence-electron chi connectivity index (χ1n) is 4.37. The number of carbonyl (C=O) groups is 1. The first kappa shape index (κ1) is 11.9. The molecule has 1 unspecified atom stereocenters. The average molecular weight is 191 g/mol. The van der Waals surface area contributed by atoms with Crippen LogP contribution in [-0.4, -0.2) is 31.3 Å². The molecular formula is C9H17ClNO-. The first-order valence-corrected chi connectivity index (χ1v) is 4.37. The monoisotopic (exact) mass is 190 g/mol. The third-order valence-electron chi connectivity index (χ3n) is 2.27. The molecule has 1 aliphatic rings. The molecule has 0 aromatic carbocycles. The predicted octanol–water partition coefficient (Wildman–Crippen LogP) is -1.69. The Hall–Kier alpha value is -0.0800. The summed E-state index contributed by atoms with van der Waals surface area (Å²) in [4.78, 5) is 13.4. The van der Waals surface area contributed by atoms with Crippen molar-refractivity contribution in [3.63, 3.8) is 0 Å². The van der Waals surface area contributed by atoms with Gasteiger partial charge >= 0.3 is 0 Å². The van der Waals surface area contributed by atoms with Crippen molar-refractivity contribution in [3.8, 4) is 0 Å². The minimum absolute atomic E-state index is 0. The summed E-state index contributed by atoms with van der Waals surface area (Å²) in [6.45, 7) is 0.943. The smallest absolute Gasteiger partial charge is 0.137 e. The van der Waals surface area contributed by atoms with E-state index >= 15 is 0 Å². The van der Waals surface area contributed by atoms with Crippen molar-refractivity contribution in [1.82, 2.24) is 4.90 Å². The molecule has 1 atom stereocenters. The molecule has 1 rings (SSSR count). The van der Waals surface area contributed by atoms with Crippen LogP contribution in [0.3, 0.4) is 0 Å². The molecule has 0 saturated heterocycles. The SMILES string of the molecule is CN(C)CC1CCCCC1=O.[Cl-]. The van der Waals surface area contributed by atoms with Gasteiger partial charge in [0.25, 0.3) is 0 Å². The molecule has 0 N–H and O–H groups in total. The second-order valence-electron chi connectivity index (χ2n) is 3.67. The number of Topliss-reactive ketones (excluding diaryl/α,β-unsaturated/α-hetero) is 1. The van der Waals surface area contributed by atoms with E-state index < -0.39 is 0 Å². The summed E-state index contributed by atoms with van der Waals surface area (Å²) < 4.78 is 0. The molecule has 0 aromatic rings. The molecule has 12 heavy (non-hydrogen) atoms. The van der Waals surface area contributed by atoms with Gasteiger partial charge in [0, 0.05) is 18.9 Å². The highest BCUT2D eigenvalue weighted by Gasteiger charge is 2.21. The van der Waals surface area contributed by atoms with Crippen molar-refractivity contribution in [1.29, 1.82) is 0 Å². The summed E-state index contributed by atoms with van der Waals surface area (Å²) in [6.07, 6.45) is 4.28. The van der Waals surface area contributed by atoms with Gasteiger partial charge in [-0.3, -0.25) is 4.79 Å². The standard InChI is InChI=1S/C9H17NO.ClH/c1-10(2)7-8-5-3-4-6-9(8)11;/h8H,3-7H2,1-2H3;1H/p-1. The fourth-order valence-corrected chi connectivity index (χ4v) is 1.69. The molecule has 3 heteroatoms. The van der Waals surface area contributed by atoms with Crippen LogP contribution < -0.4 is 12.4 Å². The Morgan fingerprint density at radius 2 is 2.08 bits per heavy atom. The van der Waals surface area contributed by atoms with Gasteiger partial charge in [0.1, 0.15) is 5.78 Å². The average Bonchev–Trinajstić information content (AvgIpc) is 1.93. The lowest BCUT2D eigenvalue weighted by Crippen LogP contribution is -3.00. The third kappa shape index (κ3) is 3.55. The van der Waals surface area contributed by atoms with Gasteiger partial charge in [0.15, 0.2) is 0 Å². The van der Waals surface area contributed by atoms with E-state index in [0.29, 0.717) is 11.7 Å². The van der Waals surface area contributed by atoms with Crippen LogP contribution in [0.4, 0.5) is 0 Å². The molecule has 1 aliphatic carbocycles. The Morgan fingerprint density at radius 3 is 2.58 bits per heavy atom. The van der Waals surface area contributed by atoms with E-state index in [4.69, 9.17) is 0 Å². The lowest BCUT2D eigenvalue weighted by molar-refractivity contribution is -0.125. The summed E-state index contributed by atoms with van der Waals surface area (Å²) in [6, 6.07) is 0. The van der Waals surface area contributed by atoms with Gasteiger partial charge in [-0.1, -0.05) is 6.42 Å². The van der Waals surface area contributed by atoms with E-state index in [1.165, 1.54) is 6.42 Å². The van der Waals surface area contributed by atoms with Crippen molar-refractivity contribution in [2.45, 2.75) is 25.7 Å². The molecule has 0 spiro atoms. The van der Waals surface area contributed by atoms with Crippen LogP contribution in [-0.2, 0) is 4.79 Å². The van der Waals surface area contributed by atoms with E-state index in [1.54, 1.807) is 0 Å². The number of ketones is 1. The maximum absolute atomic E-state index is 11.3. The van der Waals surface area contributed by atoms with E-state index in [2.05, 4.69) is 4.90 Å². The molecule has 0 heterocycles. The summed E-state index contributed by atoms with van der Waals surface area (Å²) >= 11 is 0. The number of halogens is 1. The van der Waals surface area contributed by atoms with Gasteiger partial charge in [0.05, 0.1) is 0 Å². The van der Waals surface area contributed by atoms with Crippen molar-refractivity contribution >= 4 is 5.78 Å². The van der Waals surface area contributed by atoms with Gasteiger partial charge in [-0.2, -0.15) is 0 Å². The third-order valence-corrected chi connectivity index (χ3v) is 2.27. The minimum atomic E-state index is 0. The van der Waals surface area contributed by atoms with E-state index in [-0.39, 0.29) is 12.4 Å². The Balaban J connectivity index is 0.00000121. The van der Waals surface area contributed by atoms with Crippen LogP contribution in [0.2, 0.25) is 0 Å². The molecule has 1 saturated carbocycles. The van der Waals surface area contributed by atoms with Crippen molar-refractivity contribution in [2.75, 3.05) is 20.6 Å². The molecule has 0 amide bonds. The molecule has 0 aromatic heterocycles. The quantitative estimate of drug-likeness (QED) is 0.518. The predicted molar refractivity (Wildman–Crippen MR) is 45.5 cm³/mol. The topological polar surface area (TPSA) is 20.3 Å². The Labute approximate surface area is 80.7 Å². The molecular weight excluding hydrogens is 174 g/mol. The van der Waals surface area contributed by atoms with Gasteiger partial charge in [-0.15, -0.1) is 0 Å². The summed E-state index contributed by atoms with van der Waals surface area (Å²) in [5.74, 6) is 0.809. The number of nitrogens with zero attached hydrogens (tertiary/aromatic N) is 1. The summed E-state index contributed by atoms with van der Waals surface area (Å²) in [5.41, 5.74) is 0. The molecule has 0 aliphatic heterocycles. The maximum atomic E-state index is 11.3. The lowest BCUT2D eigenvalue weighted by Gasteiger charge is -2.23. The van der Waals surface area contributed by atoms with Crippen LogP contribution in [0.5, 0.6) is 0 Å². The summed E-state index contributed by atoms with van der Waals surface area (Å²) in [7, 11) is 4.06. The molecule has 72 valence electrons. The van der Waals surface area contributed by atoms with Crippen LogP contribution in [0.15, 0.2) is 0 Å². The number of rotatable bonds is 2. The van der Waals surface area contributed by atoms with Crippen LogP contribution >= 0.6 is 0 Å². The number of carbonyl (C=O) groups excluding carboxylic acids is 1. The maximum Gasteiger partial charge on any atom is 0.137 e. The second kappa shape index (κ2) is 5.55. The van der Waals surface area contributed by atoms with Gasteiger partial charge < -0.3 is 17.3 Å². The fraction of sp³-hybridized carbons (Fsp3) is 0.889. The second-order valence-corrected chi connectivity index (χ2v) is 3.67. The molecule has 1 fully saturated rings. The highest BCUT2D eigenvalue weighted by molar-refractivity contribution is 5.81. The van der Waals surface area contributed by atoms with E-state index in [1.807, 2.05) is 14.1 Å². The van der Waals surface area contributed by atoms with Gasteiger partial charge in [-0.25, -0.2) is 0 Å². The van der Waals surface area contributed by atoms with Crippen molar-refractivity contribution in [2.24, 2.45) is 5.92 Å². The highest BCUT2D eigenvalue weighted by Crippen LogP contribution is 2.20. The van der Waals surface area contributed by atoms with Gasteiger partial charge in [-0.05, 0) is 26.9 Å². The lowest BCUT2D eigenvalue weighted by atomic mass is 9.88. The zero-order valence-corrected chi connectivity index (χ0v) is 8.60. The Bertz CT molecular complexity index is 147. The molecule has 0 radical (unpaired) electrons. The van der Waals surface area contributed by atoms with Crippen LogP contribution in [0.25, 0.3) is 0 Å².